The van der Waals surface area contributed by atoms with Gasteiger partial charge in [-0.2, -0.15) is 13.2 Å². The fraction of sp³-hybridized carbons (Fsp3) is 0.214. The second-order valence-electron chi connectivity index (χ2n) is 4.24. The van der Waals surface area contributed by atoms with Gasteiger partial charge in [-0.1, -0.05) is 30.7 Å². The lowest BCUT2D eigenvalue weighted by atomic mass is 10.1. The van der Waals surface area contributed by atoms with Crippen LogP contribution in [0.2, 0.25) is 5.15 Å². The molecule has 0 spiro atoms. The predicted molar refractivity (Wildman–Crippen MR) is 73.4 cm³/mol. The van der Waals surface area contributed by atoms with Crippen LogP contribution in [0.1, 0.15) is 18.1 Å². The molecule has 0 aliphatic carbocycles. The summed E-state index contributed by atoms with van der Waals surface area (Å²) in [5, 5.41) is 2.61. The molecule has 0 bridgehead atoms. The van der Waals surface area contributed by atoms with Gasteiger partial charge in [-0.25, -0.2) is 4.98 Å². The van der Waals surface area contributed by atoms with Gasteiger partial charge in [0.2, 0.25) is 0 Å². The summed E-state index contributed by atoms with van der Waals surface area (Å²) in [5.74, 6) is 0.0640. The molecule has 0 saturated heterocycles. The van der Waals surface area contributed by atoms with Gasteiger partial charge in [-0.15, -0.1) is 0 Å². The number of hydrogen-bond donors (Lipinski definition) is 1. The van der Waals surface area contributed by atoms with Crippen LogP contribution in [0.25, 0.3) is 0 Å². The van der Waals surface area contributed by atoms with Crippen LogP contribution in [0.15, 0.2) is 36.4 Å². The van der Waals surface area contributed by atoms with Gasteiger partial charge >= 0.3 is 6.18 Å². The van der Waals surface area contributed by atoms with E-state index in [1.54, 1.807) is 12.1 Å². The van der Waals surface area contributed by atoms with Crippen LogP contribution in [-0.4, -0.2) is 4.98 Å². The monoisotopic (exact) mass is 300 g/mol. The summed E-state index contributed by atoms with van der Waals surface area (Å²) in [7, 11) is 0. The Balaban J connectivity index is 2.26. The molecule has 0 atom stereocenters. The number of aryl methyl sites for hydroxylation is 1. The van der Waals surface area contributed by atoms with Crippen LogP contribution in [0.3, 0.4) is 0 Å². The number of hydrogen-bond acceptors (Lipinski definition) is 2. The van der Waals surface area contributed by atoms with Crippen molar-refractivity contribution in [1.82, 2.24) is 4.98 Å². The molecular formula is C14H12ClF3N2. The van der Waals surface area contributed by atoms with E-state index in [1.165, 1.54) is 0 Å². The molecule has 1 N–H and O–H groups in total. The number of halogens is 4. The second-order valence-corrected chi connectivity index (χ2v) is 4.62. The Labute approximate surface area is 119 Å². The molecule has 0 fully saturated rings. The van der Waals surface area contributed by atoms with Crippen molar-refractivity contribution in [2.75, 3.05) is 5.32 Å². The van der Waals surface area contributed by atoms with Crippen molar-refractivity contribution in [3.63, 3.8) is 0 Å². The van der Waals surface area contributed by atoms with Crippen molar-refractivity contribution in [2.45, 2.75) is 19.5 Å². The normalized spacial score (nSPS) is 11.4. The fourth-order valence-electron chi connectivity index (χ4n) is 1.70. The number of rotatable bonds is 3. The maximum absolute atomic E-state index is 12.7. The summed E-state index contributed by atoms with van der Waals surface area (Å²) in [6.07, 6.45) is -3.55. The Kier molecular flexibility index (Phi) is 4.18. The molecular weight excluding hydrogens is 289 g/mol. The highest BCUT2D eigenvalue weighted by atomic mass is 35.5. The Morgan fingerprint density at radius 1 is 1.15 bits per heavy atom. The maximum Gasteiger partial charge on any atom is 0.416 e. The lowest BCUT2D eigenvalue weighted by Gasteiger charge is -2.11. The highest BCUT2D eigenvalue weighted by Gasteiger charge is 2.31. The number of nitrogens with one attached hydrogen (secondary N) is 1. The second kappa shape index (κ2) is 5.71. The number of nitrogens with zero attached hydrogens (tertiary/aromatic N) is 1. The molecule has 20 heavy (non-hydrogen) atoms. The van der Waals surface area contributed by atoms with E-state index >= 15 is 0 Å². The first-order valence-electron chi connectivity index (χ1n) is 5.99. The predicted octanol–water partition coefficient (Wildman–Crippen LogP) is 5.06. The Morgan fingerprint density at radius 2 is 1.80 bits per heavy atom. The van der Waals surface area contributed by atoms with Crippen molar-refractivity contribution in [3.05, 3.63) is 52.7 Å². The first kappa shape index (κ1) is 14.7. The topological polar surface area (TPSA) is 24.9 Å². The first-order valence-corrected chi connectivity index (χ1v) is 6.37. The van der Waals surface area contributed by atoms with Crippen LogP contribution in [0.5, 0.6) is 0 Å². The van der Waals surface area contributed by atoms with Gasteiger partial charge in [-0.3, -0.25) is 0 Å². The van der Waals surface area contributed by atoms with E-state index in [0.717, 1.165) is 24.1 Å². The van der Waals surface area contributed by atoms with Crippen molar-refractivity contribution in [1.29, 1.82) is 0 Å². The van der Waals surface area contributed by atoms with Gasteiger partial charge in [0.15, 0.2) is 0 Å². The molecule has 0 unspecified atom stereocenters. The third-order valence-electron chi connectivity index (χ3n) is 2.76. The minimum atomic E-state index is -4.45. The van der Waals surface area contributed by atoms with E-state index in [4.69, 9.17) is 11.6 Å². The van der Waals surface area contributed by atoms with Crippen molar-refractivity contribution in [3.8, 4) is 0 Å². The van der Waals surface area contributed by atoms with Gasteiger partial charge in [-0.05, 0) is 36.2 Å². The molecule has 0 amide bonds. The van der Waals surface area contributed by atoms with Crippen LogP contribution in [-0.2, 0) is 12.6 Å². The average Bonchev–Trinajstić information content (AvgIpc) is 2.38. The van der Waals surface area contributed by atoms with Gasteiger partial charge < -0.3 is 5.32 Å². The molecule has 0 saturated carbocycles. The highest BCUT2D eigenvalue weighted by Crippen LogP contribution is 2.32. The van der Waals surface area contributed by atoms with Crippen molar-refractivity contribution < 1.29 is 13.2 Å². The zero-order valence-electron chi connectivity index (χ0n) is 10.6. The number of anilines is 2. The van der Waals surface area contributed by atoms with Crippen LogP contribution >= 0.6 is 11.6 Å². The van der Waals surface area contributed by atoms with E-state index in [0.29, 0.717) is 5.69 Å². The molecule has 0 radical (unpaired) electrons. The minimum Gasteiger partial charge on any atom is -0.340 e. The minimum absolute atomic E-state index is 0.0640. The molecule has 1 aromatic carbocycles. The highest BCUT2D eigenvalue weighted by molar-refractivity contribution is 6.29. The summed E-state index contributed by atoms with van der Waals surface area (Å²) in [6, 6.07) is 9.10. The standard InChI is InChI=1S/C14H12ClF3N2/c1-2-9-3-5-11(6-4-9)19-13-8-10(14(16,17)18)7-12(15)20-13/h3-8H,2H2,1H3,(H,19,20). The molecule has 2 nitrogen and oxygen atoms in total. The van der Waals surface area contributed by atoms with Crippen LogP contribution in [0, 0.1) is 0 Å². The maximum atomic E-state index is 12.7. The molecule has 0 aliphatic heterocycles. The van der Waals surface area contributed by atoms with E-state index in [9.17, 15) is 13.2 Å². The van der Waals surface area contributed by atoms with Crippen molar-refractivity contribution >= 4 is 23.1 Å². The number of aromatic nitrogens is 1. The Bertz CT molecular complexity index is 594. The molecule has 2 aromatic rings. The third kappa shape index (κ3) is 3.63. The lowest BCUT2D eigenvalue weighted by Crippen LogP contribution is -2.06. The van der Waals surface area contributed by atoms with E-state index in [-0.39, 0.29) is 11.0 Å². The van der Waals surface area contributed by atoms with Gasteiger partial charge in [0, 0.05) is 5.69 Å². The molecule has 2 rings (SSSR count). The summed E-state index contributed by atoms with van der Waals surface area (Å²) in [4.78, 5) is 3.84. The Hall–Kier alpha value is -1.75. The van der Waals surface area contributed by atoms with Gasteiger partial charge in [0.05, 0.1) is 5.56 Å². The Morgan fingerprint density at radius 3 is 2.35 bits per heavy atom. The van der Waals surface area contributed by atoms with E-state index in [2.05, 4.69) is 10.3 Å². The summed E-state index contributed by atoms with van der Waals surface area (Å²) in [5.41, 5.74) is 0.973. The third-order valence-corrected chi connectivity index (χ3v) is 2.95. The smallest absolute Gasteiger partial charge is 0.340 e. The summed E-state index contributed by atoms with van der Waals surface area (Å²) >= 11 is 5.62. The van der Waals surface area contributed by atoms with Gasteiger partial charge in [0.25, 0.3) is 0 Å². The average molecular weight is 301 g/mol. The molecule has 0 aliphatic rings. The summed E-state index contributed by atoms with van der Waals surface area (Å²) in [6.45, 7) is 2.02. The fourth-order valence-corrected chi connectivity index (χ4v) is 1.90. The van der Waals surface area contributed by atoms with Crippen LogP contribution in [0.4, 0.5) is 24.7 Å². The molecule has 6 heteroatoms. The van der Waals surface area contributed by atoms with E-state index in [1.807, 2.05) is 19.1 Å². The van der Waals surface area contributed by atoms with E-state index < -0.39 is 11.7 Å². The number of pyridine rings is 1. The summed E-state index contributed by atoms with van der Waals surface area (Å²) < 4.78 is 38.0. The zero-order chi connectivity index (χ0) is 14.8. The van der Waals surface area contributed by atoms with Crippen molar-refractivity contribution in [2.24, 2.45) is 0 Å². The largest absolute Gasteiger partial charge is 0.416 e. The quantitative estimate of drug-likeness (QED) is 0.801. The zero-order valence-corrected chi connectivity index (χ0v) is 11.4. The molecule has 1 heterocycles. The molecule has 1 aromatic heterocycles. The van der Waals surface area contributed by atoms with Crippen LogP contribution < -0.4 is 5.32 Å². The number of benzene rings is 1. The lowest BCUT2D eigenvalue weighted by molar-refractivity contribution is -0.137. The first-order chi connectivity index (χ1) is 9.38. The molecule has 106 valence electrons. The van der Waals surface area contributed by atoms with Gasteiger partial charge in [0.1, 0.15) is 11.0 Å². The SMILES string of the molecule is CCc1ccc(Nc2cc(C(F)(F)F)cc(Cl)n2)cc1. The number of alkyl halides is 3.